The van der Waals surface area contributed by atoms with E-state index in [1.807, 2.05) is 44.3 Å². The number of benzene rings is 1. The molecule has 0 saturated carbocycles. The lowest BCUT2D eigenvalue weighted by Gasteiger charge is -2.11. The molecule has 3 heteroatoms. The van der Waals surface area contributed by atoms with Gasteiger partial charge in [0.15, 0.2) is 0 Å². The maximum atomic E-state index is 4.46. The summed E-state index contributed by atoms with van der Waals surface area (Å²) in [4.78, 5) is 6.44. The van der Waals surface area contributed by atoms with E-state index in [-0.39, 0.29) is 0 Å². The molecule has 0 radical (unpaired) electrons. The first-order chi connectivity index (χ1) is 7.54. The van der Waals surface area contributed by atoms with E-state index < -0.39 is 0 Å². The van der Waals surface area contributed by atoms with Crippen LogP contribution in [0.3, 0.4) is 0 Å². The van der Waals surface area contributed by atoms with Crippen LogP contribution in [-0.2, 0) is 0 Å². The van der Waals surface area contributed by atoms with E-state index in [2.05, 4.69) is 40.0 Å². The Bertz CT molecular complexity index is 420. The van der Waals surface area contributed by atoms with E-state index in [9.17, 15) is 0 Å². The third-order valence-electron chi connectivity index (χ3n) is 2.29. The maximum absolute atomic E-state index is 4.46. The highest BCUT2D eigenvalue weighted by atomic mass is 79.9. The van der Waals surface area contributed by atoms with Crippen molar-refractivity contribution in [2.45, 2.75) is 13.8 Å². The summed E-state index contributed by atoms with van der Waals surface area (Å²) >= 11 is 3.46. The summed E-state index contributed by atoms with van der Waals surface area (Å²) in [5.74, 6) is 0.958. The van der Waals surface area contributed by atoms with Crippen molar-refractivity contribution in [1.29, 1.82) is 0 Å². The predicted octanol–water partition coefficient (Wildman–Crippen LogP) is 3.60. The van der Waals surface area contributed by atoms with Crippen LogP contribution in [0.25, 0.3) is 0 Å². The van der Waals surface area contributed by atoms with Crippen molar-refractivity contribution < 1.29 is 0 Å². The van der Waals surface area contributed by atoms with Gasteiger partial charge in [0.05, 0.1) is 0 Å². The van der Waals surface area contributed by atoms with Gasteiger partial charge in [0.25, 0.3) is 0 Å². The highest BCUT2D eigenvalue weighted by molar-refractivity contribution is 9.10. The zero-order chi connectivity index (χ0) is 12.1. The van der Waals surface area contributed by atoms with Gasteiger partial charge in [-0.25, -0.2) is 4.99 Å². The second-order valence-corrected chi connectivity index (χ2v) is 4.72. The van der Waals surface area contributed by atoms with E-state index in [1.54, 1.807) is 0 Å². The van der Waals surface area contributed by atoms with Gasteiger partial charge in [-0.3, -0.25) is 0 Å². The van der Waals surface area contributed by atoms with Crippen LogP contribution in [0.4, 0.5) is 0 Å². The molecule has 0 saturated heterocycles. The van der Waals surface area contributed by atoms with Crippen molar-refractivity contribution in [2.75, 3.05) is 14.1 Å². The topological polar surface area (TPSA) is 15.6 Å². The van der Waals surface area contributed by atoms with Crippen LogP contribution in [0, 0.1) is 6.92 Å². The Morgan fingerprint density at radius 2 is 2.06 bits per heavy atom. The standard InChI is InChI=1S/C13H17BrN2/c1-5-13(16(3)4)15-9-11-8-12(14)7-6-10(11)2/h5-9H,1-4H3/b13-5-,15-9?. The number of aliphatic imine (C=N–C) groups is 1. The van der Waals surface area contributed by atoms with Crippen molar-refractivity contribution in [1.82, 2.24) is 4.90 Å². The molecule has 0 N–H and O–H groups in total. The van der Waals surface area contributed by atoms with E-state index >= 15 is 0 Å². The Hall–Kier alpha value is -1.09. The minimum Gasteiger partial charge on any atom is -0.363 e. The zero-order valence-electron chi connectivity index (χ0n) is 10.2. The molecule has 0 unspecified atom stereocenters. The van der Waals surface area contributed by atoms with Gasteiger partial charge >= 0.3 is 0 Å². The van der Waals surface area contributed by atoms with Crippen molar-refractivity contribution in [3.63, 3.8) is 0 Å². The van der Waals surface area contributed by atoms with Crippen LogP contribution in [0.15, 0.2) is 39.6 Å². The number of aryl methyl sites for hydroxylation is 1. The lowest BCUT2D eigenvalue weighted by Crippen LogP contribution is -2.09. The van der Waals surface area contributed by atoms with E-state index in [4.69, 9.17) is 0 Å². The predicted molar refractivity (Wildman–Crippen MR) is 73.9 cm³/mol. The molecule has 0 aromatic heterocycles. The van der Waals surface area contributed by atoms with Crippen molar-refractivity contribution in [3.8, 4) is 0 Å². The van der Waals surface area contributed by atoms with E-state index in [1.165, 1.54) is 5.56 Å². The lowest BCUT2D eigenvalue weighted by atomic mass is 10.1. The first-order valence-electron chi connectivity index (χ1n) is 5.18. The number of rotatable bonds is 3. The molecule has 1 rings (SSSR count). The Kier molecular flexibility index (Phi) is 4.74. The van der Waals surface area contributed by atoms with Gasteiger partial charge in [-0.1, -0.05) is 22.0 Å². The molecule has 0 aliphatic carbocycles. The molecule has 0 aliphatic heterocycles. The molecule has 0 bridgehead atoms. The fourth-order valence-corrected chi connectivity index (χ4v) is 1.71. The van der Waals surface area contributed by atoms with Crippen LogP contribution >= 0.6 is 15.9 Å². The van der Waals surface area contributed by atoms with Crippen LogP contribution in [0.5, 0.6) is 0 Å². The average molecular weight is 281 g/mol. The van der Waals surface area contributed by atoms with Gasteiger partial charge in [0.1, 0.15) is 5.82 Å². The first kappa shape index (κ1) is 13.0. The Balaban J connectivity index is 2.95. The molecule has 0 aliphatic rings. The highest BCUT2D eigenvalue weighted by Crippen LogP contribution is 2.15. The van der Waals surface area contributed by atoms with Crippen LogP contribution in [0.2, 0.25) is 0 Å². The van der Waals surface area contributed by atoms with Crippen molar-refractivity contribution in [3.05, 3.63) is 45.7 Å². The lowest BCUT2D eigenvalue weighted by molar-refractivity contribution is 0.506. The Morgan fingerprint density at radius 3 is 2.62 bits per heavy atom. The van der Waals surface area contributed by atoms with Crippen LogP contribution < -0.4 is 0 Å². The third-order valence-corrected chi connectivity index (χ3v) is 2.79. The second kappa shape index (κ2) is 5.85. The zero-order valence-corrected chi connectivity index (χ0v) is 11.7. The molecule has 0 heterocycles. The molecular weight excluding hydrogens is 264 g/mol. The van der Waals surface area contributed by atoms with Crippen LogP contribution in [-0.4, -0.2) is 25.2 Å². The molecule has 2 nitrogen and oxygen atoms in total. The van der Waals surface area contributed by atoms with Gasteiger partial charge in [0, 0.05) is 24.8 Å². The normalized spacial score (nSPS) is 12.2. The first-order valence-corrected chi connectivity index (χ1v) is 5.97. The summed E-state index contributed by atoms with van der Waals surface area (Å²) in [6.45, 7) is 4.07. The van der Waals surface area contributed by atoms with Gasteiger partial charge in [-0.05, 0) is 43.2 Å². The fraction of sp³-hybridized carbons (Fsp3) is 0.308. The fourth-order valence-electron chi connectivity index (χ4n) is 1.33. The average Bonchev–Trinajstić information content (AvgIpc) is 2.23. The number of halogens is 1. The largest absolute Gasteiger partial charge is 0.363 e. The second-order valence-electron chi connectivity index (χ2n) is 3.80. The molecule has 0 atom stereocenters. The summed E-state index contributed by atoms with van der Waals surface area (Å²) in [6, 6.07) is 6.19. The van der Waals surface area contributed by atoms with Crippen LogP contribution in [0.1, 0.15) is 18.1 Å². The summed E-state index contributed by atoms with van der Waals surface area (Å²) in [6.07, 6.45) is 3.89. The maximum Gasteiger partial charge on any atom is 0.123 e. The molecule has 86 valence electrons. The molecule has 1 aromatic carbocycles. The Labute approximate surface area is 106 Å². The SMILES string of the molecule is C/C=C(/N=Cc1cc(Br)ccc1C)N(C)C. The minimum atomic E-state index is 0.958. The monoisotopic (exact) mass is 280 g/mol. The summed E-state index contributed by atoms with van der Waals surface area (Å²) in [7, 11) is 3.97. The molecule has 0 fully saturated rings. The number of hydrogen-bond acceptors (Lipinski definition) is 2. The third kappa shape index (κ3) is 3.49. The molecular formula is C13H17BrN2. The molecule has 1 aromatic rings. The summed E-state index contributed by atoms with van der Waals surface area (Å²) < 4.78 is 1.08. The summed E-state index contributed by atoms with van der Waals surface area (Å²) in [5, 5.41) is 0. The quantitative estimate of drug-likeness (QED) is 0.773. The van der Waals surface area contributed by atoms with E-state index in [0.717, 1.165) is 15.9 Å². The van der Waals surface area contributed by atoms with Crippen molar-refractivity contribution >= 4 is 22.1 Å². The van der Waals surface area contributed by atoms with Crippen molar-refractivity contribution in [2.24, 2.45) is 4.99 Å². The Morgan fingerprint density at radius 1 is 1.38 bits per heavy atom. The number of hydrogen-bond donors (Lipinski definition) is 0. The summed E-state index contributed by atoms with van der Waals surface area (Å²) in [5.41, 5.74) is 2.36. The number of allylic oxidation sites excluding steroid dienone is 1. The van der Waals surface area contributed by atoms with Gasteiger partial charge in [-0.2, -0.15) is 0 Å². The smallest absolute Gasteiger partial charge is 0.123 e. The number of nitrogens with zero attached hydrogens (tertiary/aromatic N) is 2. The molecule has 0 spiro atoms. The van der Waals surface area contributed by atoms with Gasteiger partial charge in [-0.15, -0.1) is 0 Å². The minimum absolute atomic E-state index is 0.958. The molecule has 0 amide bonds. The van der Waals surface area contributed by atoms with Gasteiger partial charge in [0.2, 0.25) is 0 Å². The van der Waals surface area contributed by atoms with Gasteiger partial charge < -0.3 is 4.90 Å². The molecule has 16 heavy (non-hydrogen) atoms. The van der Waals surface area contributed by atoms with E-state index in [0.29, 0.717) is 0 Å². The highest BCUT2D eigenvalue weighted by Gasteiger charge is 1.97.